The first-order valence-electron chi connectivity index (χ1n) is 9.85. The van der Waals surface area contributed by atoms with Crippen LogP contribution in [0, 0.1) is 0 Å². The minimum absolute atomic E-state index is 0.0514. The zero-order chi connectivity index (χ0) is 18.2. The molecule has 1 N–H and O–H groups in total. The monoisotopic (exact) mass is 354 g/mol. The summed E-state index contributed by atoms with van der Waals surface area (Å²) < 4.78 is 5.62. The van der Waals surface area contributed by atoms with Crippen LogP contribution < -0.4 is 10.1 Å². The van der Waals surface area contributed by atoms with E-state index < -0.39 is 0 Å². The summed E-state index contributed by atoms with van der Waals surface area (Å²) in [7, 11) is 0. The molecule has 1 saturated heterocycles. The van der Waals surface area contributed by atoms with Gasteiger partial charge in [0.05, 0.1) is 0 Å². The number of likely N-dealkylation sites (tertiary alicyclic amines) is 1. The van der Waals surface area contributed by atoms with Gasteiger partial charge in [-0.3, -0.25) is 4.79 Å². The molecule has 140 valence electrons. The van der Waals surface area contributed by atoms with Gasteiger partial charge in [0, 0.05) is 12.6 Å². The van der Waals surface area contributed by atoms with Gasteiger partial charge in [0.25, 0.3) is 5.91 Å². The molecule has 1 atom stereocenters. The molecule has 0 aliphatic carbocycles. The van der Waals surface area contributed by atoms with E-state index in [9.17, 15) is 4.79 Å². The van der Waals surface area contributed by atoms with E-state index in [1.54, 1.807) is 0 Å². The molecule has 2 aromatic carbocycles. The van der Waals surface area contributed by atoms with Crippen molar-refractivity contribution in [1.29, 1.82) is 0 Å². The lowest BCUT2D eigenvalue weighted by atomic mass is 10.0. The number of ether oxygens (including phenoxy) is 1. The number of piperidine rings is 1. The third-order valence-corrected chi connectivity index (χ3v) is 5.23. The lowest BCUT2D eigenvalue weighted by molar-refractivity contribution is -0.123. The van der Waals surface area contributed by atoms with Crippen LogP contribution in [0.15, 0.2) is 42.5 Å². The van der Waals surface area contributed by atoms with Gasteiger partial charge in [-0.1, -0.05) is 36.8 Å². The number of hydrogen-bond acceptors (Lipinski definition) is 3. The lowest BCUT2D eigenvalue weighted by Crippen LogP contribution is -2.38. The number of carbonyl (C=O) groups excluding carboxylic acids is 1. The van der Waals surface area contributed by atoms with Gasteiger partial charge >= 0.3 is 0 Å². The first-order chi connectivity index (χ1) is 12.7. The SMILES string of the molecule is CC1CCCCN1CCCCNC(=O)COc1ccc2ccccc2c1. The Labute approximate surface area is 156 Å². The Morgan fingerprint density at radius 3 is 2.85 bits per heavy atom. The summed E-state index contributed by atoms with van der Waals surface area (Å²) in [5.74, 6) is 0.683. The zero-order valence-corrected chi connectivity index (χ0v) is 15.7. The molecule has 1 fully saturated rings. The van der Waals surface area contributed by atoms with Crippen LogP contribution >= 0.6 is 0 Å². The Balaban J connectivity index is 1.31. The summed E-state index contributed by atoms with van der Waals surface area (Å²) >= 11 is 0. The van der Waals surface area contributed by atoms with E-state index in [0.29, 0.717) is 6.04 Å². The van der Waals surface area contributed by atoms with Gasteiger partial charge in [0.2, 0.25) is 0 Å². The predicted molar refractivity (Wildman–Crippen MR) is 107 cm³/mol. The fourth-order valence-electron chi connectivity index (χ4n) is 3.61. The van der Waals surface area contributed by atoms with Gasteiger partial charge in [-0.2, -0.15) is 0 Å². The first kappa shape index (κ1) is 18.7. The molecule has 0 saturated carbocycles. The highest BCUT2D eigenvalue weighted by Crippen LogP contribution is 2.20. The van der Waals surface area contributed by atoms with Gasteiger partial charge in [-0.05, 0) is 68.6 Å². The van der Waals surface area contributed by atoms with Crippen LogP contribution in [0.3, 0.4) is 0 Å². The average molecular weight is 354 g/mol. The molecule has 0 bridgehead atoms. The number of carbonyl (C=O) groups is 1. The van der Waals surface area contributed by atoms with Crippen molar-refractivity contribution in [1.82, 2.24) is 10.2 Å². The molecule has 4 heteroatoms. The maximum atomic E-state index is 12.0. The third-order valence-electron chi connectivity index (χ3n) is 5.23. The number of nitrogens with one attached hydrogen (secondary N) is 1. The Morgan fingerprint density at radius 2 is 2.00 bits per heavy atom. The number of benzene rings is 2. The smallest absolute Gasteiger partial charge is 0.257 e. The fourth-order valence-corrected chi connectivity index (χ4v) is 3.61. The molecular formula is C22H30N2O2. The molecule has 3 rings (SSSR count). The van der Waals surface area contributed by atoms with Crippen LogP contribution in [-0.2, 0) is 4.79 Å². The number of nitrogens with zero attached hydrogens (tertiary/aromatic N) is 1. The van der Waals surface area contributed by atoms with Gasteiger partial charge in [-0.25, -0.2) is 0 Å². The largest absolute Gasteiger partial charge is 0.484 e. The molecule has 4 nitrogen and oxygen atoms in total. The maximum Gasteiger partial charge on any atom is 0.257 e. The Bertz CT molecular complexity index is 716. The van der Waals surface area contributed by atoms with E-state index in [2.05, 4.69) is 23.2 Å². The molecule has 0 aromatic heterocycles. The molecule has 1 amide bonds. The van der Waals surface area contributed by atoms with Crippen LogP contribution in [0.1, 0.15) is 39.0 Å². The highest BCUT2D eigenvalue weighted by atomic mass is 16.5. The molecule has 1 heterocycles. The second kappa shape index (κ2) is 9.58. The molecule has 0 radical (unpaired) electrons. The van der Waals surface area contributed by atoms with E-state index in [4.69, 9.17) is 4.74 Å². The highest BCUT2D eigenvalue weighted by Gasteiger charge is 2.17. The van der Waals surface area contributed by atoms with Crippen molar-refractivity contribution in [2.45, 2.75) is 45.1 Å². The van der Waals surface area contributed by atoms with E-state index in [-0.39, 0.29) is 12.5 Å². The Kier molecular flexibility index (Phi) is 6.89. The number of amides is 1. The van der Waals surface area contributed by atoms with Crippen LogP contribution in [0.4, 0.5) is 0 Å². The molecule has 1 aliphatic heterocycles. The summed E-state index contributed by atoms with van der Waals surface area (Å²) in [6, 6.07) is 14.8. The van der Waals surface area contributed by atoms with Gasteiger partial charge in [-0.15, -0.1) is 0 Å². The zero-order valence-electron chi connectivity index (χ0n) is 15.7. The quantitative estimate of drug-likeness (QED) is 0.729. The third kappa shape index (κ3) is 5.46. The van der Waals surface area contributed by atoms with Crippen molar-refractivity contribution in [3.63, 3.8) is 0 Å². The Morgan fingerprint density at radius 1 is 1.15 bits per heavy atom. The van der Waals surface area contributed by atoms with Gasteiger partial charge in [0.1, 0.15) is 5.75 Å². The average Bonchev–Trinajstić information content (AvgIpc) is 2.67. The molecule has 1 unspecified atom stereocenters. The van der Waals surface area contributed by atoms with Crippen molar-refractivity contribution < 1.29 is 9.53 Å². The summed E-state index contributed by atoms with van der Waals surface area (Å²) in [5, 5.41) is 5.25. The molecule has 1 aliphatic rings. The highest BCUT2D eigenvalue weighted by molar-refractivity contribution is 5.84. The normalized spacial score (nSPS) is 18.0. The van der Waals surface area contributed by atoms with E-state index in [1.165, 1.54) is 31.2 Å². The standard InChI is InChI=1S/C22H30N2O2/c1-18-8-4-6-14-24(18)15-7-5-13-23-22(25)17-26-21-12-11-19-9-2-3-10-20(19)16-21/h2-3,9-12,16,18H,4-8,13-15,17H2,1H3,(H,23,25). The number of hydrogen-bond donors (Lipinski definition) is 1. The fraction of sp³-hybridized carbons (Fsp3) is 0.500. The van der Waals surface area contributed by atoms with Gasteiger partial charge in [0.15, 0.2) is 6.61 Å². The molecule has 2 aromatic rings. The van der Waals surface area contributed by atoms with E-state index in [1.807, 2.05) is 36.4 Å². The van der Waals surface area contributed by atoms with Crippen molar-refractivity contribution in [2.75, 3.05) is 26.2 Å². The summed E-state index contributed by atoms with van der Waals surface area (Å²) in [4.78, 5) is 14.5. The number of rotatable bonds is 8. The van der Waals surface area contributed by atoms with Crippen molar-refractivity contribution in [2.24, 2.45) is 0 Å². The van der Waals surface area contributed by atoms with Crippen LogP contribution in [0.25, 0.3) is 10.8 Å². The van der Waals surface area contributed by atoms with Crippen molar-refractivity contribution in [3.05, 3.63) is 42.5 Å². The van der Waals surface area contributed by atoms with E-state index >= 15 is 0 Å². The summed E-state index contributed by atoms with van der Waals surface area (Å²) in [6.45, 7) is 5.49. The minimum atomic E-state index is -0.0514. The molecule has 0 spiro atoms. The maximum absolute atomic E-state index is 12.0. The number of fused-ring (bicyclic) bond motifs is 1. The van der Waals surface area contributed by atoms with E-state index in [0.717, 1.165) is 37.1 Å². The number of unbranched alkanes of at least 4 members (excludes halogenated alkanes) is 1. The van der Waals surface area contributed by atoms with Crippen LogP contribution in [-0.4, -0.2) is 43.1 Å². The second-order valence-electron chi connectivity index (χ2n) is 7.24. The summed E-state index contributed by atoms with van der Waals surface area (Å²) in [5.41, 5.74) is 0. The molecular weight excluding hydrogens is 324 g/mol. The first-order valence-corrected chi connectivity index (χ1v) is 9.85. The van der Waals surface area contributed by atoms with Gasteiger partial charge < -0.3 is 15.0 Å². The van der Waals surface area contributed by atoms with Crippen molar-refractivity contribution >= 4 is 16.7 Å². The molecule has 26 heavy (non-hydrogen) atoms. The Hall–Kier alpha value is -2.07. The van der Waals surface area contributed by atoms with Crippen LogP contribution in [0.5, 0.6) is 5.75 Å². The van der Waals surface area contributed by atoms with Crippen LogP contribution in [0.2, 0.25) is 0 Å². The second-order valence-corrected chi connectivity index (χ2v) is 7.24. The summed E-state index contributed by atoms with van der Waals surface area (Å²) in [6.07, 6.45) is 6.17. The predicted octanol–water partition coefficient (Wildman–Crippen LogP) is 3.99. The topological polar surface area (TPSA) is 41.6 Å². The minimum Gasteiger partial charge on any atom is -0.484 e. The lowest BCUT2D eigenvalue weighted by Gasteiger charge is -2.33. The van der Waals surface area contributed by atoms with Crippen molar-refractivity contribution in [3.8, 4) is 5.75 Å².